The number of hydrogen-bond acceptors (Lipinski definition) is 1. The molecule has 0 unspecified atom stereocenters. The summed E-state index contributed by atoms with van der Waals surface area (Å²) in [7, 11) is 1.98. The Morgan fingerprint density at radius 2 is 1.75 bits per heavy atom. The van der Waals surface area contributed by atoms with Crippen LogP contribution < -0.4 is 26.9 Å². The highest BCUT2D eigenvalue weighted by atomic mass is 79.9. The maximum absolute atomic E-state index is 3.17. The van der Waals surface area contributed by atoms with Crippen molar-refractivity contribution in [1.29, 1.82) is 0 Å². The number of rotatable bonds is 4. The van der Waals surface area contributed by atoms with Gasteiger partial charge in [-0.2, -0.15) is 0 Å². The Labute approximate surface area is 142 Å². The maximum Gasteiger partial charge on any atom is 0.249 e. The molecule has 0 amide bonds. The molecule has 1 aromatic heterocycles. The van der Waals surface area contributed by atoms with Crippen LogP contribution in [0.3, 0.4) is 0 Å². The SMILES string of the molecule is Br.CNCC[n+]1ccn(-c2c(C)cc(C)cc2C)c1.[Br-]. The van der Waals surface area contributed by atoms with Gasteiger partial charge in [-0.15, -0.1) is 17.0 Å². The Morgan fingerprint density at radius 3 is 2.30 bits per heavy atom. The normalized spacial score (nSPS) is 9.80. The van der Waals surface area contributed by atoms with Crippen molar-refractivity contribution in [3.8, 4) is 5.69 Å². The van der Waals surface area contributed by atoms with Crippen molar-refractivity contribution in [3.63, 3.8) is 0 Å². The lowest BCUT2D eigenvalue weighted by atomic mass is 10.1. The van der Waals surface area contributed by atoms with Crippen LogP contribution in [-0.4, -0.2) is 18.2 Å². The molecule has 0 bridgehead atoms. The molecule has 0 saturated heterocycles. The molecule has 0 spiro atoms. The van der Waals surface area contributed by atoms with Gasteiger partial charge < -0.3 is 22.3 Å². The fourth-order valence-electron chi connectivity index (χ4n) is 2.48. The quantitative estimate of drug-likeness (QED) is 0.681. The Kier molecular flexibility index (Phi) is 8.32. The van der Waals surface area contributed by atoms with E-state index in [4.69, 9.17) is 0 Å². The molecule has 2 rings (SSSR count). The number of benzene rings is 1. The molecule has 0 aliphatic heterocycles. The highest BCUT2D eigenvalue weighted by Gasteiger charge is 2.12. The predicted molar refractivity (Wildman–Crippen MR) is 84.4 cm³/mol. The van der Waals surface area contributed by atoms with Gasteiger partial charge in [0, 0.05) is 6.54 Å². The molecule has 0 atom stereocenters. The number of aromatic nitrogens is 2. The van der Waals surface area contributed by atoms with Crippen LogP contribution in [0.5, 0.6) is 0 Å². The zero-order valence-corrected chi connectivity index (χ0v) is 15.8. The van der Waals surface area contributed by atoms with Crippen LogP contribution in [0.1, 0.15) is 16.7 Å². The lowest BCUT2D eigenvalue weighted by Crippen LogP contribution is -3.00. The first-order chi connectivity index (χ1) is 8.61. The van der Waals surface area contributed by atoms with E-state index in [0.29, 0.717) is 0 Å². The van der Waals surface area contributed by atoms with Crippen molar-refractivity contribution < 1.29 is 21.5 Å². The number of nitrogens with one attached hydrogen (secondary N) is 1. The van der Waals surface area contributed by atoms with E-state index in [1.165, 1.54) is 22.4 Å². The molecule has 0 fully saturated rings. The summed E-state index contributed by atoms with van der Waals surface area (Å²) < 4.78 is 4.41. The number of hydrogen-bond donors (Lipinski definition) is 1. The molecular formula is C15H23Br2N3. The smallest absolute Gasteiger partial charge is 0.249 e. The zero-order valence-electron chi connectivity index (χ0n) is 12.5. The summed E-state index contributed by atoms with van der Waals surface area (Å²) in [5.41, 5.74) is 5.26. The molecule has 0 saturated carbocycles. The van der Waals surface area contributed by atoms with Gasteiger partial charge in [0.25, 0.3) is 0 Å². The van der Waals surface area contributed by atoms with Crippen molar-refractivity contribution in [2.24, 2.45) is 0 Å². The molecule has 0 radical (unpaired) electrons. The molecule has 1 N–H and O–H groups in total. The van der Waals surface area contributed by atoms with Crippen LogP contribution in [-0.2, 0) is 6.54 Å². The molecule has 112 valence electrons. The number of aryl methyl sites for hydroxylation is 3. The third kappa shape index (κ3) is 4.43. The summed E-state index contributed by atoms with van der Waals surface area (Å²) in [6, 6.07) is 4.47. The van der Waals surface area contributed by atoms with Crippen LogP contribution in [0.2, 0.25) is 0 Å². The summed E-state index contributed by atoms with van der Waals surface area (Å²) >= 11 is 0. The van der Waals surface area contributed by atoms with Crippen molar-refractivity contribution in [1.82, 2.24) is 9.88 Å². The van der Waals surface area contributed by atoms with E-state index in [1.54, 1.807) is 0 Å². The largest absolute Gasteiger partial charge is 1.00 e. The predicted octanol–water partition coefficient (Wildman–Crippen LogP) is -0.509. The Morgan fingerprint density at radius 1 is 1.15 bits per heavy atom. The molecule has 2 aromatic rings. The molecule has 1 heterocycles. The van der Waals surface area contributed by atoms with Crippen LogP contribution in [0, 0.1) is 20.8 Å². The van der Waals surface area contributed by atoms with Crippen LogP contribution >= 0.6 is 17.0 Å². The maximum atomic E-state index is 3.17. The first-order valence-electron chi connectivity index (χ1n) is 6.41. The summed E-state index contributed by atoms with van der Waals surface area (Å²) in [6.45, 7) is 8.47. The van der Waals surface area contributed by atoms with Crippen LogP contribution in [0.4, 0.5) is 0 Å². The highest BCUT2D eigenvalue weighted by Crippen LogP contribution is 2.20. The summed E-state index contributed by atoms with van der Waals surface area (Å²) in [6.07, 6.45) is 6.40. The Bertz CT molecular complexity index is 527. The minimum absolute atomic E-state index is 0. The number of nitrogens with zero attached hydrogens (tertiary/aromatic N) is 2. The second kappa shape index (κ2) is 8.60. The van der Waals surface area contributed by atoms with Crippen LogP contribution in [0.15, 0.2) is 30.9 Å². The van der Waals surface area contributed by atoms with Gasteiger partial charge in [0.05, 0.1) is 0 Å². The second-order valence-electron chi connectivity index (χ2n) is 4.91. The van der Waals surface area contributed by atoms with Gasteiger partial charge in [-0.25, -0.2) is 9.13 Å². The van der Waals surface area contributed by atoms with Gasteiger partial charge in [0.1, 0.15) is 24.6 Å². The van der Waals surface area contributed by atoms with E-state index >= 15 is 0 Å². The average molecular weight is 405 g/mol. The summed E-state index contributed by atoms with van der Waals surface area (Å²) in [5.74, 6) is 0. The van der Waals surface area contributed by atoms with Crippen molar-refractivity contribution >= 4 is 17.0 Å². The number of halogens is 2. The Balaban J connectivity index is 0.00000180. The van der Waals surface area contributed by atoms with E-state index < -0.39 is 0 Å². The third-order valence-corrected chi connectivity index (χ3v) is 3.21. The standard InChI is InChI=1S/C15H22N3.2BrH/c1-12-9-13(2)15(14(3)10-12)18-8-7-17(11-18)6-5-16-4;;/h7-11,16H,5-6H2,1-4H3;2*1H/q+1;;/p-1. The van der Waals surface area contributed by atoms with Crippen molar-refractivity contribution in [2.45, 2.75) is 27.3 Å². The number of imidazole rings is 1. The molecule has 0 aliphatic carbocycles. The average Bonchev–Trinajstić information content (AvgIpc) is 2.73. The van der Waals surface area contributed by atoms with Gasteiger partial charge >= 0.3 is 0 Å². The van der Waals surface area contributed by atoms with Gasteiger partial charge in [0.15, 0.2) is 0 Å². The molecular weight excluding hydrogens is 382 g/mol. The lowest BCUT2D eigenvalue weighted by Gasteiger charge is -2.07. The highest BCUT2D eigenvalue weighted by molar-refractivity contribution is 8.93. The minimum Gasteiger partial charge on any atom is -1.00 e. The van der Waals surface area contributed by atoms with E-state index in [2.05, 4.69) is 66.1 Å². The fraction of sp³-hybridized carbons (Fsp3) is 0.400. The summed E-state index contributed by atoms with van der Waals surface area (Å²) in [4.78, 5) is 0. The molecule has 20 heavy (non-hydrogen) atoms. The number of likely N-dealkylation sites (N-methyl/N-ethyl adjacent to an activating group) is 1. The van der Waals surface area contributed by atoms with Gasteiger partial charge in [-0.05, 0) is 38.9 Å². The van der Waals surface area contributed by atoms with Crippen molar-refractivity contribution in [3.05, 3.63) is 47.5 Å². The van der Waals surface area contributed by atoms with Gasteiger partial charge in [-0.3, -0.25) is 0 Å². The van der Waals surface area contributed by atoms with Gasteiger partial charge in [0.2, 0.25) is 6.33 Å². The minimum atomic E-state index is 0. The van der Waals surface area contributed by atoms with E-state index in [9.17, 15) is 0 Å². The monoisotopic (exact) mass is 403 g/mol. The first-order valence-corrected chi connectivity index (χ1v) is 6.41. The van der Waals surface area contributed by atoms with E-state index in [1.807, 2.05) is 7.05 Å². The molecule has 3 nitrogen and oxygen atoms in total. The third-order valence-electron chi connectivity index (χ3n) is 3.21. The fourth-order valence-corrected chi connectivity index (χ4v) is 2.48. The second-order valence-corrected chi connectivity index (χ2v) is 4.91. The van der Waals surface area contributed by atoms with Crippen molar-refractivity contribution in [2.75, 3.05) is 13.6 Å². The lowest BCUT2D eigenvalue weighted by molar-refractivity contribution is -0.694. The van der Waals surface area contributed by atoms with Gasteiger partial charge in [-0.1, -0.05) is 17.7 Å². The molecule has 1 aromatic carbocycles. The summed E-state index contributed by atoms with van der Waals surface area (Å²) in [5, 5.41) is 3.17. The molecule has 0 aliphatic rings. The Hall–Kier alpha value is -0.650. The first kappa shape index (κ1) is 19.4. The topological polar surface area (TPSA) is 20.8 Å². The van der Waals surface area contributed by atoms with Crippen LogP contribution in [0.25, 0.3) is 5.69 Å². The zero-order chi connectivity index (χ0) is 13.1. The van der Waals surface area contributed by atoms with E-state index in [0.717, 1.165) is 13.1 Å². The molecule has 5 heteroatoms. The van der Waals surface area contributed by atoms with E-state index in [-0.39, 0.29) is 34.0 Å².